The van der Waals surface area contributed by atoms with E-state index >= 15 is 0 Å². The van der Waals surface area contributed by atoms with Gasteiger partial charge in [-0.1, -0.05) is 30.3 Å². The lowest BCUT2D eigenvalue weighted by Crippen LogP contribution is -2.19. The smallest absolute Gasteiger partial charge is 0.261 e. The maximum Gasteiger partial charge on any atom is 0.261 e. The topological polar surface area (TPSA) is 88.0 Å². The van der Waals surface area contributed by atoms with Gasteiger partial charge >= 0.3 is 0 Å². The predicted octanol–water partition coefficient (Wildman–Crippen LogP) is 2.15. The van der Waals surface area contributed by atoms with Crippen LogP contribution in [0.3, 0.4) is 0 Å². The molecule has 0 radical (unpaired) electrons. The molecule has 116 valence electrons. The van der Waals surface area contributed by atoms with E-state index in [2.05, 4.69) is 14.7 Å². The number of carbonyl (C=O) groups is 1. The number of Topliss-reactive ketones (excluding diaryl/α,β-unsaturated/α-hetero) is 1. The molecule has 1 heterocycles. The molecular weight excluding hydrogens is 314 g/mol. The maximum atomic E-state index is 12.4. The molecular formula is C16H13N3O3S. The Hall–Kier alpha value is -2.80. The molecule has 0 unspecified atom stereocenters. The molecule has 1 N–H and O–H groups in total. The first-order valence-corrected chi connectivity index (χ1v) is 8.32. The van der Waals surface area contributed by atoms with Gasteiger partial charge in [0.15, 0.2) is 0 Å². The Kier molecular flexibility index (Phi) is 4.03. The van der Waals surface area contributed by atoms with Crippen LogP contribution in [0.25, 0.3) is 0 Å². The molecule has 0 fully saturated rings. The molecule has 2 aromatic rings. The molecule has 23 heavy (non-hydrogen) atoms. The first kappa shape index (κ1) is 15.1. The van der Waals surface area contributed by atoms with Crippen LogP contribution in [0.2, 0.25) is 0 Å². The summed E-state index contributed by atoms with van der Waals surface area (Å²) in [5.41, 5.74) is 0.666. The summed E-state index contributed by atoms with van der Waals surface area (Å²) in [6.45, 7) is 0.221. The summed E-state index contributed by atoms with van der Waals surface area (Å²) in [6.07, 6.45) is 1.39. The summed E-state index contributed by atoms with van der Waals surface area (Å²) in [7, 11) is -3.77. The van der Waals surface area contributed by atoms with Crippen molar-refractivity contribution in [2.45, 2.75) is 4.90 Å². The van der Waals surface area contributed by atoms with Crippen molar-refractivity contribution in [3.63, 3.8) is 0 Å². The Labute approximate surface area is 133 Å². The number of sulfonamides is 1. The van der Waals surface area contributed by atoms with Gasteiger partial charge in [-0.25, -0.2) is 8.42 Å². The van der Waals surface area contributed by atoms with Gasteiger partial charge in [-0.15, -0.1) is 0 Å². The van der Waals surface area contributed by atoms with Crippen molar-refractivity contribution in [2.24, 2.45) is 9.98 Å². The van der Waals surface area contributed by atoms with Gasteiger partial charge < -0.3 is 0 Å². The highest BCUT2D eigenvalue weighted by Crippen LogP contribution is 2.21. The van der Waals surface area contributed by atoms with Crippen LogP contribution in [0.4, 0.5) is 5.69 Å². The van der Waals surface area contributed by atoms with Crippen LogP contribution in [0.1, 0.15) is 10.4 Å². The molecule has 0 atom stereocenters. The average Bonchev–Trinajstić information content (AvgIpc) is 3.10. The van der Waals surface area contributed by atoms with Crippen molar-refractivity contribution >= 4 is 33.4 Å². The Bertz CT molecular complexity index is 903. The van der Waals surface area contributed by atoms with Gasteiger partial charge in [-0.2, -0.15) is 0 Å². The molecule has 0 amide bonds. The minimum absolute atomic E-state index is 0.127. The van der Waals surface area contributed by atoms with E-state index in [0.29, 0.717) is 0 Å². The van der Waals surface area contributed by atoms with Gasteiger partial charge in [0.25, 0.3) is 10.0 Å². The molecule has 0 aliphatic carbocycles. The number of ketones is 1. The fourth-order valence-corrected chi connectivity index (χ4v) is 3.23. The minimum Gasteiger partial charge on any atom is -0.287 e. The van der Waals surface area contributed by atoms with Crippen LogP contribution in [-0.2, 0) is 10.0 Å². The molecule has 1 aliphatic heterocycles. The third-order valence-electron chi connectivity index (χ3n) is 3.24. The Balaban J connectivity index is 1.95. The number of para-hydroxylation sites is 1. The lowest BCUT2D eigenvalue weighted by Gasteiger charge is -2.11. The molecule has 0 spiro atoms. The molecule has 1 aliphatic rings. The molecule has 7 heteroatoms. The van der Waals surface area contributed by atoms with Gasteiger partial charge in [0, 0.05) is 5.56 Å². The van der Waals surface area contributed by atoms with Gasteiger partial charge in [0.2, 0.25) is 5.78 Å². The van der Waals surface area contributed by atoms with Crippen LogP contribution in [0, 0.1) is 0 Å². The maximum absolute atomic E-state index is 12.4. The van der Waals surface area contributed by atoms with E-state index in [1.54, 1.807) is 42.5 Å². The molecule has 0 aromatic heterocycles. The van der Waals surface area contributed by atoms with Crippen molar-refractivity contribution in [1.82, 2.24) is 0 Å². The number of benzene rings is 2. The number of hydrogen-bond donors (Lipinski definition) is 1. The van der Waals surface area contributed by atoms with E-state index in [1.165, 1.54) is 18.3 Å². The fourth-order valence-electron chi connectivity index (χ4n) is 2.13. The number of anilines is 1. The second-order valence-corrected chi connectivity index (χ2v) is 6.47. The van der Waals surface area contributed by atoms with Crippen molar-refractivity contribution < 1.29 is 13.2 Å². The minimum atomic E-state index is -3.77. The zero-order chi connectivity index (χ0) is 16.3. The van der Waals surface area contributed by atoms with Crippen LogP contribution in [0.5, 0.6) is 0 Å². The van der Waals surface area contributed by atoms with Crippen molar-refractivity contribution in [1.29, 1.82) is 0 Å². The Morgan fingerprint density at radius 1 is 1.00 bits per heavy atom. The zero-order valence-corrected chi connectivity index (χ0v) is 12.8. The van der Waals surface area contributed by atoms with Crippen LogP contribution >= 0.6 is 0 Å². The second-order valence-electron chi connectivity index (χ2n) is 4.79. The first-order valence-electron chi connectivity index (χ1n) is 6.84. The highest BCUT2D eigenvalue weighted by molar-refractivity contribution is 7.92. The normalized spacial score (nSPS) is 13.7. The van der Waals surface area contributed by atoms with Gasteiger partial charge in [-0.05, 0) is 24.3 Å². The van der Waals surface area contributed by atoms with Crippen LogP contribution in [0.15, 0.2) is 69.5 Å². The summed E-state index contributed by atoms with van der Waals surface area (Å²) in [4.78, 5) is 20.4. The first-order chi connectivity index (χ1) is 11.1. The number of carbonyl (C=O) groups excluding carboxylic acids is 1. The number of nitrogens with zero attached hydrogens (tertiary/aromatic N) is 2. The molecule has 6 nitrogen and oxygen atoms in total. The number of aliphatic imine (C=N–C) groups is 2. The van der Waals surface area contributed by atoms with Gasteiger partial charge in [0.05, 0.1) is 16.8 Å². The molecule has 0 saturated heterocycles. The molecule has 2 aromatic carbocycles. The van der Waals surface area contributed by atoms with Gasteiger partial charge in [0.1, 0.15) is 12.4 Å². The third kappa shape index (κ3) is 3.19. The summed E-state index contributed by atoms with van der Waals surface area (Å²) in [5.74, 6) is -0.363. The SMILES string of the molecule is O=C(C1=NCN=C1)c1ccccc1NS(=O)(=O)c1ccccc1. The predicted molar refractivity (Wildman–Crippen MR) is 88.8 cm³/mol. The average molecular weight is 327 g/mol. The fraction of sp³-hybridized carbons (Fsp3) is 0.0625. The van der Waals surface area contributed by atoms with E-state index in [9.17, 15) is 13.2 Å². The Morgan fingerprint density at radius 2 is 1.70 bits per heavy atom. The van der Waals surface area contributed by atoms with E-state index < -0.39 is 10.0 Å². The zero-order valence-electron chi connectivity index (χ0n) is 12.0. The molecule has 0 bridgehead atoms. The molecule has 3 rings (SSSR count). The van der Waals surface area contributed by atoms with Crippen LogP contribution < -0.4 is 4.72 Å². The highest BCUT2D eigenvalue weighted by atomic mass is 32.2. The molecule has 0 saturated carbocycles. The lowest BCUT2D eigenvalue weighted by molar-refractivity contribution is 0.106. The quantitative estimate of drug-likeness (QED) is 0.854. The number of hydrogen-bond acceptors (Lipinski definition) is 5. The highest BCUT2D eigenvalue weighted by Gasteiger charge is 2.21. The second kappa shape index (κ2) is 6.13. The Morgan fingerprint density at radius 3 is 2.39 bits per heavy atom. The lowest BCUT2D eigenvalue weighted by atomic mass is 10.1. The third-order valence-corrected chi connectivity index (χ3v) is 4.62. The van der Waals surface area contributed by atoms with E-state index in [4.69, 9.17) is 0 Å². The van der Waals surface area contributed by atoms with Crippen molar-refractivity contribution in [2.75, 3.05) is 11.4 Å². The van der Waals surface area contributed by atoms with Crippen molar-refractivity contribution in [3.05, 3.63) is 60.2 Å². The summed E-state index contributed by atoms with van der Waals surface area (Å²) in [5, 5.41) is 0. The summed E-state index contributed by atoms with van der Waals surface area (Å²) >= 11 is 0. The standard InChI is InChI=1S/C16H13N3O3S/c20-16(15-10-17-11-18-15)13-8-4-5-9-14(13)19-23(21,22)12-6-2-1-3-7-12/h1-10,19H,11H2. The van der Waals surface area contributed by atoms with E-state index in [-0.39, 0.29) is 34.3 Å². The van der Waals surface area contributed by atoms with Crippen LogP contribution in [-0.4, -0.2) is 32.8 Å². The summed E-state index contributed by atoms with van der Waals surface area (Å²) < 4.78 is 27.3. The summed E-state index contributed by atoms with van der Waals surface area (Å²) in [6, 6.07) is 14.4. The van der Waals surface area contributed by atoms with Gasteiger partial charge in [-0.3, -0.25) is 19.5 Å². The number of nitrogens with one attached hydrogen (secondary N) is 1. The van der Waals surface area contributed by atoms with Crippen molar-refractivity contribution in [3.8, 4) is 0 Å². The van der Waals surface area contributed by atoms with E-state index in [1.807, 2.05) is 0 Å². The number of rotatable bonds is 5. The monoisotopic (exact) mass is 327 g/mol. The van der Waals surface area contributed by atoms with E-state index in [0.717, 1.165) is 0 Å². The largest absolute Gasteiger partial charge is 0.287 e.